The molecule has 9 rings (SSSR count). The maximum absolute atomic E-state index is 2.70. The Hall–Kier alpha value is -4.49. The summed E-state index contributed by atoms with van der Waals surface area (Å²) in [5.74, 6) is 0.451. The molecule has 0 N–H and O–H groups in total. The van der Waals surface area contributed by atoms with Crippen LogP contribution in [0.25, 0.3) is 11.1 Å². The summed E-state index contributed by atoms with van der Waals surface area (Å²) in [5, 5.41) is 0. The van der Waals surface area contributed by atoms with E-state index in [1.807, 2.05) is 0 Å². The minimum absolute atomic E-state index is 0.180. The lowest BCUT2D eigenvalue weighted by Crippen LogP contribution is -2.57. The van der Waals surface area contributed by atoms with Gasteiger partial charge in [0.15, 0.2) is 0 Å². The number of benzene rings is 4. The Morgan fingerprint density at radius 1 is 0.644 bits per heavy atom. The van der Waals surface area contributed by atoms with Crippen molar-refractivity contribution < 1.29 is 0 Å². The van der Waals surface area contributed by atoms with Crippen LogP contribution in [0.4, 0.5) is 11.4 Å². The Balaban J connectivity index is 1.35. The van der Waals surface area contributed by atoms with Gasteiger partial charge in [0.1, 0.15) is 0 Å². The van der Waals surface area contributed by atoms with Crippen LogP contribution in [0.1, 0.15) is 44.9 Å². The first-order valence-electron chi connectivity index (χ1n) is 17.0. The zero-order valence-electron chi connectivity index (χ0n) is 25.8. The van der Waals surface area contributed by atoms with Crippen molar-refractivity contribution in [1.29, 1.82) is 0 Å². The molecule has 216 valence electrons. The smallest absolute Gasteiger partial charge is 0.246 e. The van der Waals surface area contributed by atoms with Crippen molar-refractivity contribution in [2.24, 2.45) is 5.92 Å². The quantitative estimate of drug-likeness (QED) is 0.174. The lowest BCUT2D eigenvalue weighted by Gasteiger charge is -2.48. The van der Waals surface area contributed by atoms with Crippen LogP contribution in [0.3, 0.4) is 0 Å². The average Bonchev–Trinajstić information content (AvgIpc) is 3.12. The molecular formula is C42H37B2N. The fourth-order valence-electron chi connectivity index (χ4n) is 8.77. The Morgan fingerprint density at radius 3 is 2.24 bits per heavy atom. The summed E-state index contributed by atoms with van der Waals surface area (Å²) >= 11 is 0. The molecule has 1 nitrogen and oxygen atoms in total. The SMILES string of the molecule is C1=CC(B2C3=C4C(=CC(C5=CCCCC5)C3)B(c3ccccc3)c3cc(-c5ccccc5)ccc3N4c3ccccc32)=CCC1. The van der Waals surface area contributed by atoms with E-state index in [9.17, 15) is 0 Å². The third-order valence-electron chi connectivity index (χ3n) is 10.7. The maximum atomic E-state index is 2.70. The van der Waals surface area contributed by atoms with Crippen molar-refractivity contribution >= 4 is 41.2 Å². The van der Waals surface area contributed by atoms with Crippen LogP contribution in [0, 0.1) is 5.92 Å². The molecule has 0 fully saturated rings. The molecule has 0 saturated carbocycles. The predicted octanol–water partition coefficient (Wildman–Crippen LogP) is 8.42. The van der Waals surface area contributed by atoms with Crippen LogP contribution >= 0.6 is 0 Å². The highest BCUT2D eigenvalue weighted by atomic mass is 15.2. The second-order valence-corrected chi connectivity index (χ2v) is 13.3. The lowest BCUT2D eigenvalue weighted by atomic mass is 9.27. The molecule has 3 heteroatoms. The van der Waals surface area contributed by atoms with Gasteiger partial charge in [0.25, 0.3) is 0 Å². The van der Waals surface area contributed by atoms with Gasteiger partial charge in [-0.3, -0.25) is 0 Å². The zero-order chi connectivity index (χ0) is 29.7. The topological polar surface area (TPSA) is 3.24 Å². The van der Waals surface area contributed by atoms with Crippen LogP contribution in [0.2, 0.25) is 0 Å². The minimum atomic E-state index is 0.180. The van der Waals surface area contributed by atoms with Crippen molar-refractivity contribution in [2.45, 2.75) is 44.9 Å². The van der Waals surface area contributed by atoms with Crippen molar-refractivity contribution in [2.75, 3.05) is 4.90 Å². The van der Waals surface area contributed by atoms with Crippen molar-refractivity contribution in [3.63, 3.8) is 0 Å². The molecule has 0 aromatic heterocycles. The first kappa shape index (κ1) is 26.9. The van der Waals surface area contributed by atoms with Crippen LogP contribution < -0.4 is 21.3 Å². The van der Waals surface area contributed by atoms with E-state index in [0.717, 1.165) is 19.3 Å². The molecule has 0 saturated heterocycles. The van der Waals surface area contributed by atoms with Gasteiger partial charge in [-0.2, -0.15) is 0 Å². The average molecular weight is 577 g/mol. The summed E-state index contributed by atoms with van der Waals surface area (Å²) in [4.78, 5) is 2.65. The highest BCUT2D eigenvalue weighted by Gasteiger charge is 2.47. The molecule has 2 aliphatic heterocycles. The molecule has 4 aromatic rings. The van der Waals surface area contributed by atoms with Crippen molar-refractivity contribution in [3.8, 4) is 11.1 Å². The summed E-state index contributed by atoms with van der Waals surface area (Å²) in [7, 11) is 0. The normalized spacial score (nSPS) is 20.1. The molecule has 2 heterocycles. The van der Waals surface area contributed by atoms with Crippen LogP contribution in [-0.4, -0.2) is 13.4 Å². The Morgan fingerprint density at radius 2 is 1.44 bits per heavy atom. The van der Waals surface area contributed by atoms with Gasteiger partial charge < -0.3 is 4.90 Å². The van der Waals surface area contributed by atoms with Crippen LogP contribution in [0.5, 0.6) is 0 Å². The van der Waals surface area contributed by atoms with Gasteiger partial charge in [0, 0.05) is 23.0 Å². The fourth-order valence-corrected chi connectivity index (χ4v) is 8.77. The van der Waals surface area contributed by atoms with E-state index in [2.05, 4.69) is 138 Å². The van der Waals surface area contributed by atoms with Gasteiger partial charge in [0.2, 0.25) is 13.4 Å². The summed E-state index contributed by atoms with van der Waals surface area (Å²) in [6.45, 7) is 0.473. The second-order valence-electron chi connectivity index (χ2n) is 13.3. The van der Waals surface area contributed by atoms with Crippen LogP contribution in [-0.2, 0) is 0 Å². The standard InChI is InChI=1S/C42H37B2N/c1-5-15-30(16-6-1)32-25-26-41-37(27-32)44(35-21-11-4-12-22-35)39-29-33(31-17-7-2-8-18-31)28-38-42(39)45(41)40-24-14-13-23-36(40)43(38)34-19-9-3-10-20-34/h1,4-6,9,11-17,19-27,29,33H,2-3,7-8,10,18,28H2. The van der Waals surface area contributed by atoms with Gasteiger partial charge in [0.05, 0.1) is 0 Å². The largest absolute Gasteiger partial charge is 0.313 e. The summed E-state index contributed by atoms with van der Waals surface area (Å²) < 4.78 is 0. The summed E-state index contributed by atoms with van der Waals surface area (Å²) in [5.41, 5.74) is 17.2. The van der Waals surface area contributed by atoms with Gasteiger partial charge in [-0.25, -0.2) is 0 Å². The van der Waals surface area contributed by atoms with E-state index in [1.165, 1.54) is 81.2 Å². The Labute approximate surface area is 268 Å². The highest BCUT2D eigenvalue weighted by Crippen LogP contribution is 2.49. The number of fused-ring (bicyclic) bond motifs is 4. The number of hydrogen-bond acceptors (Lipinski definition) is 1. The third kappa shape index (κ3) is 4.47. The highest BCUT2D eigenvalue weighted by molar-refractivity contribution is 6.94. The number of nitrogens with zero attached hydrogens (tertiary/aromatic N) is 1. The number of rotatable bonds is 4. The van der Waals surface area contributed by atoms with E-state index in [0.29, 0.717) is 12.6 Å². The number of allylic oxidation sites excluding steroid dienone is 9. The molecule has 0 amide bonds. The van der Waals surface area contributed by atoms with E-state index >= 15 is 0 Å². The van der Waals surface area contributed by atoms with E-state index in [-0.39, 0.29) is 6.71 Å². The second kappa shape index (κ2) is 11.1. The fraction of sp³-hybridized carbons (Fsp3) is 0.190. The molecule has 4 aromatic carbocycles. The molecule has 3 aliphatic carbocycles. The van der Waals surface area contributed by atoms with Crippen LogP contribution in [0.15, 0.2) is 161 Å². The van der Waals surface area contributed by atoms with Gasteiger partial charge in [-0.1, -0.05) is 143 Å². The molecule has 1 unspecified atom stereocenters. The molecule has 0 bridgehead atoms. The lowest BCUT2D eigenvalue weighted by molar-refractivity contribution is 0.616. The minimum Gasteiger partial charge on any atom is -0.313 e. The first-order chi connectivity index (χ1) is 22.3. The van der Waals surface area contributed by atoms with Crippen molar-refractivity contribution in [1.82, 2.24) is 0 Å². The maximum Gasteiger partial charge on any atom is 0.246 e. The Bertz CT molecular complexity index is 1950. The molecular weight excluding hydrogens is 540 g/mol. The van der Waals surface area contributed by atoms with Gasteiger partial charge >= 0.3 is 0 Å². The van der Waals surface area contributed by atoms with Gasteiger partial charge in [-0.05, 0) is 84.6 Å². The molecule has 1 atom stereocenters. The van der Waals surface area contributed by atoms with Crippen molar-refractivity contribution in [3.05, 3.63) is 161 Å². The third-order valence-corrected chi connectivity index (χ3v) is 10.7. The molecule has 5 aliphatic rings. The summed E-state index contributed by atoms with van der Waals surface area (Å²) in [6, 6.07) is 38.7. The monoisotopic (exact) mass is 577 g/mol. The van der Waals surface area contributed by atoms with E-state index in [4.69, 9.17) is 0 Å². The zero-order valence-corrected chi connectivity index (χ0v) is 25.8. The summed E-state index contributed by atoms with van der Waals surface area (Å²) in [6.07, 6.45) is 21.1. The van der Waals surface area contributed by atoms with Gasteiger partial charge in [-0.15, -0.1) is 0 Å². The number of anilines is 2. The number of para-hydroxylation sites is 1. The van der Waals surface area contributed by atoms with E-state index < -0.39 is 0 Å². The molecule has 0 spiro atoms. The number of hydrogen-bond donors (Lipinski definition) is 0. The van der Waals surface area contributed by atoms with E-state index in [1.54, 1.807) is 11.0 Å². The predicted molar refractivity (Wildman–Crippen MR) is 194 cm³/mol. The molecule has 45 heavy (non-hydrogen) atoms. The first-order valence-corrected chi connectivity index (χ1v) is 17.0. The molecule has 0 radical (unpaired) electrons. The Kier molecular flexibility index (Phi) is 6.66.